The number of nitrogens with zero attached hydrogens (tertiary/aromatic N) is 1. The number of hydrogen-bond donors (Lipinski definition) is 1. The largest absolute Gasteiger partial charge is 0.372 e. The number of benzene rings is 1. The molecule has 1 saturated heterocycles. The zero-order chi connectivity index (χ0) is 13.2. The average molecular weight is 248 g/mol. The summed E-state index contributed by atoms with van der Waals surface area (Å²) in [7, 11) is 1.98. The van der Waals surface area contributed by atoms with E-state index in [4.69, 9.17) is 4.74 Å². The number of nitrogens with one attached hydrogen (secondary N) is 1. The molecule has 18 heavy (non-hydrogen) atoms. The van der Waals surface area contributed by atoms with Gasteiger partial charge in [-0.15, -0.1) is 0 Å². The maximum Gasteiger partial charge on any atom is 0.0801 e. The van der Waals surface area contributed by atoms with Crippen LogP contribution in [-0.2, 0) is 11.3 Å². The lowest BCUT2D eigenvalue weighted by molar-refractivity contribution is -0.0277. The molecule has 3 heteroatoms. The molecule has 0 unspecified atom stereocenters. The number of rotatable bonds is 3. The van der Waals surface area contributed by atoms with Gasteiger partial charge in [-0.1, -0.05) is 12.1 Å². The zero-order valence-electron chi connectivity index (χ0n) is 11.9. The van der Waals surface area contributed by atoms with Gasteiger partial charge < -0.3 is 15.0 Å². The van der Waals surface area contributed by atoms with E-state index in [0.29, 0.717) is 0 Å². The van der Waals surface area contributed by atoms with Gasteiger partial charge in [0.25, 0.3) is 0 Å². The van der Waals surface area contributed by atoms with Gasteiger partial charge in [0, 0.05) is 25.3 Å². The van der Waals surface area contributed by atoms with Crippen LogP contribution < -0.4 is 10.2 Å². The van der Waals surface area contributed by atoms with E-state index in [-0.39, 0.29) is 5.60 Å². The molecule has 0 bridgehead atoms. The van der Waals surface area contributed by atoms with Crippen molar-refractivity contribution < 1.29 is 4.74 Å². The van der Waals surface area contributed by atoms with E-state index in [1.54, 1.807) is 0 Å². The summed E-state index contributed by atoms with van der Waals surface area (Å²) in [5, 5.41) is 3.19. The first kappa shape index (κ1) is 13.4. The van der Waals surface area contributed by atoms with Crippen molar-refractivity contribution >= 4 is 5.69 Å². The molecule has 0 radical (unpaired) electrons. The molecule has 1 aromatic rings. The van der Waals surface area contributed by atoms with Crippen LogP contribution in [0, 0.1) is 6.92 Å². The van der Waals surface area contributed by atoms with Crippen molar-refractivity contribution in [2.45, 2.75) is 32.9 Å². The molecular formula is C15H24N2O. The fourth-order valence-corrected chi connectivity index (χ4v) is 2.61. The van der Waals surface area contributed by atoms with Gasteiger partial charge in [0.2, 0.25) is 0 Å². The first-order valence-electron chi connectivity index (χ1n) is 6.65. The quantitative estimate of drug-likeness (QED) is 0.888. The Hall–Kier alpha value is -1.06. The summed E-state index contributed by atoms with van der Waals surface area (Å²) in [6, 6.07) is 6.72. The lowest BCUT2D eigenvalue weighted by Gasteiger charge is -2.40. The maximum atomic E-state index is 5.77. The molecule has 1 heterocycles. The molecule has 2 rings (SSSR count). The molecule has 1 N–H and O–H groups in total. The zero-order valence-corrected chi connectivity index (χ0v) is 11.9. The van der Waals surface area contributed by atoms with Gasteiger partial charge >= 0.3 is 0 Å². The van der Waals surface area contributed by atoms with E-state index in [1.165, 1.54) is 16.8 Å². The molecule has 3 nitrogen and oxygen atoms in total. The maximum absolute atomic E-state index is 5.77. The molecule has 1 aliphatic rings. The van der Waals surface area contributed by atoms with Crippen LogP contribution in [0.1, 0.15) is 25.0 Å². The minimum Gasteiger partial charge on any atom is -0.372 e. The third-order valence-corrected chi connectivity index (χ3v) is 3.41. The summed E-state index contributed by atoms with van der Waals surface area (Å²) in [4.78, 5) is 2.43. The Bertz CT molecular complexity index is 415. The normalized spacial score (nSPS) is 19.0. The van der Waals surface area contributed by atoms with E-state index in [2.05, 4.69) is 49.2 Å². The van der Waals surface area contributed by atoms with Crippen LogP contribution in [0.5, 0.6) is 0 Å². The van der Waals surface area contributed by atoms with Crippen LogP contribution >= 0.6 is 0 Å². The van der Waals surface area contributed by atoms with Gasteiger partial charge in [-0.25, -0.2) is 0 Å². The Morgan fingerprint density at radius 1 is 1.39 bits per heavy atom. The van der Waals surface area contributed by atoms with E-state index >= 15 is 0 Å². The standard InChI is InChI=1S/C15H24N2O/c1-12-9-13(10-16-4)5-6-14(12)17-7-8-18-15(2,3)11-17/h5-6,9,16H,7-8,10-11H2,1-4H3. The highest BCUT2D eigenvalue weighted by Crippen LogP contribution is 2.26. The second kappa shape index (κ2) is 5.29. The highest BCUT2D eigenvalue weighted by molar-refractivity contribution is 5.55. The highest BCUT2D eigenvalue weighted by atomic mass is 16.5. The average Bonchev–Trinajstić information content (AvgIpc) is 2.28. The SMILES string of the molecule is CNCc1ccc(N2CCOC(C)(C)C2)c(C)c1. The van der Waals surface area contributed by atoms with Crippen molar-refractivity contribution in [2.24, 2.45) is 0 Å². The van der Waals surface area contributed by atoms with Crippen LogP contribution in [-0.4, -0.2) is 32.3 Å². The van der Waals surface area contributed by atoms with Crippen LogP contribution in [0.2, 0.25) is 0 Å². The van der Waals surface area contributed by atoms with Crippen molar-refractivity contribution in [1.82, 2.24) is 5.32 Å². The number of aryl methyl sites for hydroxylation is 1. The van der Waals surface area contributed by atoms with Crippen LogP contribution in [0.4, 0.5) is 5.69 Å². The number of ether oxygens (including phenoxy) is 1. The molecule has 100 valence electrons. The van der Waals surface area contributed by atoms with Crippen LogP contribution in [0.3, 0.4) is 0 Å². The number of anilines is 1. The molecule has 0 amide bonds. The van der Waals surface area contributed by atoms with E-state index in [0.717, 1.165) is 26.2 Å². The third-order valence-electron chi connectivity index (χ3n) is 3.41. The summed E-state index contributed by atoms with van der Waals surface area (Å²) < 4.78 is 5.77. The van der Waals surface area contributed by atoms with Crippen molar-refractivity contribution in [3.05, 3.63) is 29.3 Å². The minimum atomic E-state index is -0.0473. The fraction of sp³-hybridized carbons (Fsp3) is 0.600. The van der Waals surface area contributed by atoms with Crippen molar-refractivity contribution in [1.29, 1.82) is 0 Å². The second-order valence-corrected chi connectivity index (χ2v) is 5.68. The predicted molar refractivity (Wildman–Crippen MR) is 76.2 cm³/mol. The molecular weight excluding hydrogens is 224 g/mol. The number of hydrogen-bond acceptors (Lipinski definition) is 3. The molecule has 1 fully saturated rings. The van der Waals surface area contributed by atoms with Crippen molar-refractivity contribution in [3.8, 4) is 0 Å². The Labute approximate surface area is 110 Å². The Morgan fingerprint density at radius 2 is 2.17 bits per heavy atom. The molecule has 1 aromatic carbocycles. The molecule has 0 aliphatic carbocycles. The lowest BCUT2D eigenvalue weighted by Crippen LogP contribution is -2.48. The van der Waals surface area contributed by atoms with Gasteiger partial charge in [-0.05, 0) is 45.0 Å². The summed E-state index contributed by atoms with van der Waals surface area (Å²) in [5.41, 5.74) is 3.98. The smallest absolute Gasteiger partial charge is 0.0801 e. The molecule has 0 atom stereocenters. The molecule has 0 saturated carbocycles. The summed E-state index contributed by atoms with van der Waals surface area (Å²) in [5.74, 6) is 0. The highest BCUT2D eigenvalue weighted by Gasteiger charge is 2.27. The second-order valence-electron chi connectivity index (χ2n) is 5.68. The van der Waals surface area contributed by atoms with Gasteiger partial charge in [0.1, 0.15) is 0 Å². The third kappa shape index (κ3) is 3.03. The van der Waals surface area contributed by atoms with E-state index in [1.807, 2.05) is 7.05 Å². The molecule has 0 aromatic heterocycles. The summed E-state index contributed by atoms with van der Waals surface area (Å²) in [6.07, 6.45) is 0. The topological polar surface area (TPSA) is 24.5 Å². The first-order chi connectivity index (χ1) is 8.52. The lowest BCUT2D eigenvalue weighted by atomic mass is 10.0. The minimum absolute atomic E-state index is 0.0473. The summed E-state index contributed by atoms with van der Waals surface area (Å²) >= 11 is 0. The van der Waals surface area contributed by atoms with Gasteiger partial charge in [0.15, 0.2) is 0 Å². The number of morpholine rings is 1. The van der Waals surface area contributed by atoms with Crippen LogP contribution in [0.15, 0.2) is 18.2 Å². The van der Waals surface area contributed by atoms with E-state index in [9.17, 15) is 0 Å². The summed E-state index contributed by atoms with van der Waals surface area (Å²) in [6.45, 7) is 10.2. The van der Waals surface area contributed by atoms with Gasteiger partial charge in [-0.2, -0.15) is 0 Å². The van der Waals surface area contributed by atoms with Crippen molar-refractivity contribution in [2.75, 3.05) is 31.6 Å². The van der Waals surface area contributed by atoms with Crippen molar-refractivity contribution in [3.63, 3.8) is 0 Å². The van der Waals surface area contributed by atoms with Gasteiger partial charge in [0.05, 0.1) is 12.2 Å². The molecule has 1 aliphatic heterocycles. The molecule has 0 spiro atoms. The Morgan fingerprint density at radius 3 is 2.78 bits per heavy atom. The first-order valence-corrected chi connectivity index (χ1v) is 6.65. The van der Waals surface area contributed by atoms with Crippen LogP contribution in [0.25, 0.3) is 0 Å². The predicted octanol–water partition coefficient (Wildman–Crippen LogP) is 2.33. The van der Waals surface area contributed by atoms with Gasteiger partial charge in [-0.3, -0.25) is 0 Å². The Kier molecular flexibility index (Phi) is 3.93. The Balaban J connectivity index is 2.18. The van der Waals surface area contributed by atoms with E-state index < -0.39 is 0 Å². The monoisotopic (exact) mass is 248 g/mol. The fourth-order valence-electron chi connectivity index (χ4n) is 2.61.